The van der Waals surface area contributed by atoms with Crippen LogP contribution in [0.3, 0.4) is 0 Å². The maximum atomic E-state index is 5.20. The Hall–Kier alpha value is -0.570. The molecule has 0 saturated carbocycles. The third-order valence-electron chi connectivity index (χ3n) is 0.645. The second-order valence-corrected chi connectivity index (χ2v) is 1.45. The SMILES string of the molecule is CCO/N=C(\C)CN. The van der Waals surface area contributed by atoms with Crippen molar-refractivity contribution in [3.8, 4) is 0 Å². The molecule has 48 valence electrons. The molecule has 0 spiro atoms. The minimum absolute atomic E-state index is 0.472. The van der Waals surface area contributed by atoms with Crippen molar-refractivity contribution in [2.45, 2.75) is 13.8 Å². The molecule has 2 N–H and O–H groups in total. The largest absolute Gasteiger partial charge is 0.396 e. The molecule has 3 heteroatoms. The highest BCUT2D eigenvalue weighted by atomic mass is 16.6. The maximum Gasteiger partial charge on any atom is 0.114 e. The molecule has 0 aromatic rings. The number of rotatable bonds is 3. The van der Waals surface area contributed by atoms with Crippen LogP contribution in [0.2, 0.25) is 0 Å². The van der Waals surface area contributed by atoms with Gasteiger partial charge in [0.2, 0.25) is 0 Å². The van der Waals surface area contributed by atoms with Gasteiger partial charge in [-0.15, -0.1) is 0 Å². The van der Waals surface area contributed by atoms with E-state index in [-0.39, 0.29) is 0 Å². The fraction of sp³-hybridized carbons (Fsp3) is 0.800. The molecule has 0 aliphatic rings. The van der Waals surface area contributed by atoms with Gasteiger partial charge in [-0.1, -0.05) is 5.16 Å². The molecule has 3 nitrogen and oxygen atoms in total. The highest BCUT2D eigenvalue weighted by molar-refractivity contribution is 5.83. The average molecular weight is 116 g/mol. The van der Waals surface area contributed by atoms with Crippen LogP contribution in [-0.4, -0.2) is 18.9 Å². The van der Waals surface area contributed by atoms with E-state index in [0.29, 0.717) is 13.2 Å². The summed E-state index contributed by atoms with van der Waals surface area (Å²) in [7, 11) is 0. The van der Waals surface area contributed by atoms with Gasteiger partial charge < -0.3 is 10.6 Å². The first kappa shape index (κ1) is 7.43. The molecule has 8 heavy (non-hydrogen) atoms. The lowest BCUT2D eigenvalue weighted by Gasteiger charge is -1.93. The summed E-state index contributed by atoms with van der Waals surface area (Å²) in [6.45, 7) is 4.79. The van der Waals surface area contributed by atoms with Gasteiger partial charge in [0, 0.05) is 6.54 Å². The van der Waals surface area contributed by atoms with Crippen LogP contribution < -0.4 is 5.73 Å². The van der Waals surface area contributed by atoms with Crippen LogP contribution in [0, 0.1) is 0 Å². The van der Waals surface area contributed by atoms with E-state index in [0.717, 1.165) is 5.71 Å². The van der Waals surface area contributed by atoms with Gasteiger partial charge in [0.25, 0.3) is 0 Å². The van der Waals surface area contributed by atoms with E-state index in [9.17, 15) is 0 Å². The Kier molecular flexibility index (Phi) is 4.26. The summed E-state index contributed by atoms with van der Waals surface area (Å²) in [5.41, 5.74) is 6.03. The molecule has 0 saturated heterocycles. The van der Waals surface area contributed by atoms with Gasteiger partial charge in [-0.25, -0.2) is 0 Å². The lowest BCUT2D eigenvalue weighted by Crippen LogP contribution is -2.09. The fourth-order valence-electron chi connectivity index (χ4n) is 0.212. The molecule has 0 rings (SSSR count). The van der Waals surface area contributed by atoms with Gasteiger partial charge in [0.15, 0.2) is 0 Å². The van der Waals surface area contributed by atoms with E-state index in [2.05, 4.69) is 5.16 Å². The number of hydrogen-bond donors (Lipinski definition) is 1. The zero-order valence-electron chi connectivity index (χ0n) is 5.35. The normalized spacial score (nSPS) is 11.6. The molecule has 0 bridgehead atoms. The van der Waals surface area contributed by atoms with Gasteiger partial charge in [-0.05, 0) is 13.8 Å². The molecule has 0 aliphatic carbocycles. The Morgan fingerprint density at radius 2 is 2.38 bits per heavy atom. The average Bonchev–Trinajstić information content (AvgIpc) is 1.83. The molecule has 0 aromatic heterocycles. The third-order valence-corrected chi connectivity index (χ3v) is 0.645. The number of nitrogens with zero attached hydrogens (tertiary/aromatic N) is 1. The fourth-order valence-corrected chi connectivity index (χ4v) is 0.212. The van der Waals surface area contributed by atoms with Crippen LogP contribution in [0.15, 0.2) is 5.16 Å². The predicted octanol–water partition coefficient (Wildman–Crippen LogP) is 0.358. The molecule has 0 aromatic carbocycles. The number of nitrogens with two attached hydrogens (primary N) is 1. The second kappa shape index (κ2) is 4.59. The Bertz CT molecular complexity index is 80.5. The molecular weight excluding hydrogens is 104 g/mol. The summed E-state index contributed by atoms with van der Waals surface area (Å²) in [5, 5.41) is 3.65. The van der Waals surface area contributed by atoms with Crippen molar-refractivity contribution in [1.29, 1.82) is 0 Å². The zero-order valence-corrected chi connectivity index (χ0v) is 5.35. The standard InChI is InChI=1S/C5H12N2O/c1-3-8-7-5(2)4-6/h3-4,6H2,1-2H3/b7-5+. The van der Waals surface area contributed by atoms with Gasteiger partial charge in [0.05, 0.1) is 5.71 Å². The number of hydrogen-bond acceptors (Lipinski definition) is 3. The summed E-state index contributed by atoms with van der Waals surface area (Å²) in [5.74, 6) is 0. The smallest absolute Gasteiger partial charge is 0.114 e. The molecule has 0 amide bonds. The van der Waals surface area contributed by atoms with Crippen LogP contribution in [-0.2, 0) is 4.84 Å². The van der Waals surface area contributed by atoms with Crippen molar-refractivity contribution < 1.29 is 4.84 Å². The highest BCUT2D eigenvalue weighted by Crippen LogP contribution is 1.76. The minimum Gasteiger partial charge on any atom is -0.396 e. The van der Waals surface area contributed by atoms with Gasteiger partial charge in [-0.3, -0.25) is 0 Å². The van der Waals surface area contributed by atoms with Crippen molar-refractivity contribution in [3.63, 3.8) is 0 Å². The van der Waals surface area contributed by atoms with E-state index in [1.165, 1.54) is 0 Å². The molecular formula is C5H12N2O. The van der Waals surface area contributed by atoms with Crippen molar-refractivity contribution >= 4 is 5.71 Å². The third kappa shape index (κ3) is 3.61. The van der Waals surface area contributed by atoms with Crippen LogP contribution in [0.1, 0.15) is 13.8 Å². The number of oxime groups is 1. The summed E-state index contributed by atoms with van der Waals surface area (Å²) in [6, 6.07) is 0. The summed E-state index contributed by atoms with van der Waals surface area (Å²) >= 11 is 0. The van der Waals surface area contributed by atoms with E-state index < -0.39 is 0 Å². The van der Waals surface area contributed by atoms with E-state index in [4.69, 9.17) is 10.6 Å². The first-order chi connectivity index (χ1) is 3.81. The Balaban J connectivity index is 3.26. The lowest BCUT2D eigenvalue weighted by atomic mass is 10.4. The first-order valence-electron chi connectivity index (χ1n) is 2.66. The Morgan fingerprint density at radius 1 is 1.75 bits per heavy atom. The second-order valence-electron chi connectivity index (χ2n) is 1.45. The van der Waals surface area contributed by atoms with Crippen molar-refractivity contribution in [3.05, 3.63) is 0 Å². The lowest BCUT2D eigenvalue weighted by molar-refractivity contribution is 0.158. The van der Waals surface area contributed by atoms with E-state index >= 15 is 0 Å². The summed E-state index contributed by atoms with van der Waals surface area (Å²) in [6.07, 6.45) is 0. The zero-order chi connectivity index (χ0) is 6.41. The van der Waals surface area contributed by atoms with Crippen molar-refractivity contribution in [2.24, 2.45) is 10.9 Å². The van der Waals surface area contributed by atoms with Crippen LogP contribution >= 0.6 is 0 Å². The highest BCUT2D eigenvalue weighted by Gasteiger charge is 1.81. The Morgan fingerprint density at radius 3 is 2.75 bits per heavy atom. The molecule has 0 fully saturated rings. The predicted molar refractivity (Wildman–Crippen MR) is 33.8 cm³/mol. The quantitative estimate of drug-likeness (QED) is 0.427. The molecule has 0 atom stereocenters. The van der Waals surface area contributed by atoms with E-state index in [1.807, 2.05) is 13.8 Å². The van der Waals surface area contributed by atoms with Gasteiger partial charge in [-0.2, -0.15) is 0 Å². The van der Waals surface area contributed by atoms with E-state index in [1.54, 1.807) is 0 Å². The summed E-state index contributed by atoms with van der Waals surface area (Å²) < 4.78 is 0. The molecule has 0 heterocycles. The summed E-state index contributed by atoms with van der Waals surface area (Å²) in [4.78, 5) is 4.69. The maximum absolute atomic E-state index is 5.20. The van der Waals surface area contributed by atoms with Gasteiger partial charge in [0.1, 0.15) is 6.61 Å². The monoisotopic (exact) mass is 116 g/mol. The topological polar surface area (TPSA) is 47.6 Å². The minimum atomic E-state index is 0.472. The first-order valence-corrected chi connectivity index (χ1v) is 2.66. The molecule has 0 aliphatic heterocycles. The van der Waals surface area contributed by atoms with Crippen LogP contribution in [0.25, 0.3) is 0 Å². The molecule has 0 radical (unpaired) electrons. The Labute approximate surface area is 49.5 Å². The van der Waals surface area contributed by atoms with Crippen molar-refractivity contribution in [2.75, 3.05) is 13.2 Å². The van der Waals surface area contributed by atoms with Gasteiger partial charge >= 0.3 is 0 Å². The van der Waals surface area contributed by atoms with Crippen LogP contribution in [0.4, 0.5) is 0 Å². The van der Waals surface area contributed by atoms with Crippen LogP contribution in [0.5, 0.6) is 0 Å². The van der Waals surface area contributed by atoms with Crippen molar-refractivity contribution in [1.82, 2.24) is 0 Å². The molecule has 0 unspecified atom stereocenters.